The lowest BCUT2D eigenvalue weighted by atomic mass is 9.92. The molecule has 1 aliphatic rings. The van der Waals surface area contributed by atoms with Crippen LogP contribution in [0.3, 0.4) is 0 Å². The van der Waals surface area contributed by atoms with Crippen LogP contribution in [0.15, 0.2) is 0 Å². The van der Waals surface area contributed by atoms with E-state index in [2.05, 4.69) is 0 Å². The molecule has 100 valence electrons. The van der Waals surface area contributed by atoms with E-state index >= 15 is 0 Å². The number of carbonyl (C=O) groups is 1. The maximum atomic E-state index is 12.0. The highest BCUT2D eigenvalue weighted by Gasteiger charge is 2.36. The summed E-state index contributed by atoms with van der Waals surface area (Å²) in [6.45, 7) is 4.87. The van der Waals surface area contributed by atoms with Gasteiger partial charge in [-0.15, -0.1) is 0 Å². The largest absolute Gasteiger partial charge is 0.389 e. The van der Waals surface area contributed by atoms with Gasteiger partial charge < -0.3 is 10.6 Å². The molecular weight excluding hydrogens is 233 g/mol. The van der Waals surface area contributed by atoms with Crippen molar-refractivity contribution in [3.05, 3.63) is 0 Å². The van der Waals surface area contributed by atoms with Gasteiger partial charge in [0.1, 0.15) is 0 Å². The number of nitrogens with two attached hydrogens (primary N) is 1. The predicted octanol–water partition coefficient (Wildman–Crippen LogP) is 1.77. The van der Waals surface area contributed by atoms with Crippen molar-refractivity contribution in [1.82, 2.24) is 4.90 Å². The van der Waals surface area contributed by atoms with E-state index in [1.165, 1.54) is 4.90 Å². The molecule has 2 N–H and O–H groups in total. The van der Waals surface area contributed by atoms with Crippen molar-refractivity contribution in [2.24, 2.45) is 17.6 Å². The highest BCUT2D eigenvalue weighted by atomic mass is 19.4. The molecule has 1 amide bonds. The highest BCUT2D eigenvalue weighted by Crippen LogP contribution is 2.26. The molecule has 0 radical (unpaired) electrons. The molecule has 0 saturated carbocycles. The van der Waals surface area contributed by atoms with E-state index in [-0.39, 0.29) is 12.0 Å². The molecule has 0 aromatic rings. The van der Waals surface area contributed by atoms with Gasteiger partial charge in [0.2, 0.25) is 5.91 Å². The summed E-state index contributed by atoms with van der Waals surface area (Å²) in [6.07, 6.45) is -5.79. The quantitative estimate of drug-likeness (QED) is 0.832. The maximum absolute atomic E-state index is 12.0. The molecule has 0 bridgehead atoms. The number of nitrogens with zero attached hydrogens (tertiary/aromatic N) is 1. The zero-order chi connectivity index (χ0) is 13.2. The van der Waals surface area contributed by atoms with E-state index in [4.69, 9.17) is 5.73 Å². The van der Waals surface area contributed by atoms with Crippen molar-refractivity contribution >= 4 is 5.91 Å². The van der Waals surface area contributed by atoms with E-state index < -0.39 is 24.9 Å². The summed E-state index contributed by atoms with van der Waals surface area (Å²) in [5.74, 6) is 0.0798. The third-order valence-electron chi connectivity index (χ3n) is 3.24. The minimum Gasteiger partial charge on any atom is -0.341 e. The Hall–Kier alpha value is -0.780. The van der Waals surface area contributed by atoms with Crippen LogP contribution in [-0.2, 0) is 4.79 Å². The average molecular weight is 252 g/mol. The van der Waals surface area contributed by atoms with Crippen LogP contribution in [0.5, 0.6) is 0 Å². The second-order valence-electron chi connectivity index (χ2n) is 4.99. The molecule has 2 atom stereocenters. The third kappa shape index (κ3) is 4.18. The van der Waals surface area contributed by atoms with Crippen molar-refractivity contribution in [1.29, 1.82) is 0 Å². The van der Waals surface area contributed by atoms with Gasteiger partial charge in [-0.25, -0.2) is 0 Å². The topological polar surface area (TPSA) is 46.3 Å². The van der Waals surface area contributed by atoms with Crippen molar-refractivity contribution in [2.75, 3.05) is 13.1 Å². The second kappa shape index (κ2) is 5.25. The first-order chi connectivity index (χ1) is 7.70. The van der Waals surface area contributed by atoms with Gasteiger partial charge in [0.15, 0.2) is 0 Å². The minimum absolute atomic E-state index is 0.121. The summed E-state index contributed by atoms with van der Waals surface area (Å²) in [4.78, 5) is 13.0. The summed E-state index contributed by atoms with van der Waals surface area (Å²) in [5, 5.41) is 0. The van der Waals surface area contributed by atoms with Crippen LogP contribution in [0.1, 0.15) is 26.7 Å². The molecule has 1 heterocycles. The van der Waals surface area contributed by atoms with Gasteiger partial charge in [-0.2, -0.15) is 13.2 Å². The fraction of sp³-hybridized carbons (Fsp3) is 0.909. The third-order valence-corrected chi connectivity index (χ3v) is 3.24. The number of halogens is 3. The van der Waals surface area contributed by atoms with Gasteiger partial charge in [0, 0.05) is 25.6 Å². The lowest BCUT2D eigenvalue weighted by Crippen LogP contribution is -2.33. The lowest BCUT2D eigenvalue weighted by molar-refractivity contribution is -0.148. The second-order valence-corrected chi connectivity index (χ2v) is 4.99. The van der Waals surface area contributed by atoms with Gasteiger partial charge in [0.25, 0.3) is 0 Å². The van der Waals surface area contributed by atoms with Gasteiger partial charge >= 0.3 is 6.18 Å². The van der Waals surface area contributed by atoms with E-state index in [0.29, 0.717) is 19.0 Å². The Kier molecular flexibility index (Phi) is 4.41. The number of amides is 1. The zero-order valence-electron chi connectivity index (χ0n) is 10.1. The number of hydrogen-bond acceptors (Lipinski definition) is 2. The van der Waals surface area contributed by atoms with Crippen molar-refractivity contribution in [2.45, 2.75) is 38.9 Å². The molecule has 0 spiro atoms. The molecule has 3 nitrogen and oxygen atoms in total. The number of rotatable bonds is 3. The molecule has 1 aliphatic heterocycles. The van der Waals surface area contributed by atoms with Gasteiger partial charge in [-0.3, -0.25) is 4.79 Å². The lowest BCUT2D eigenvalue weighted by Gasteiger charge is -2.18. The van der Waals surface area contributed by atoms with Gasteiger partial charge in [0.05, 0.1) is 6.42 Å². The Morgan fingerprint density at radius 1 is 1.41 bits per heavy atom. The molecule has 0 unspecified atom stereocenters. The minimum atomic E-state index is -4.27. The van der Waals surface area contributed by atoms with Crippen LogP contribution in [-0.4, -0.2) is 36.1 Å². The van der Waals surface area contributed by atoms with Gasteiger partial charge in [-0.1, -0.05) is 13.8 Å². The Bertz CT molecular complexity index is 278. The molecule has 1 fully saturated rings. The molecule has 17 heavy (non-hydrogen) atoms. The first-order valence-corrected chi connectivity index (χ1v) is 5.81. The van der Waals surface area contributed by atoms with E-state index in [9.17, 15) is 18.0 Å². The zero-order valence-corrected chi connectivity index (χ0v) is 10.1. The number of carbonyl (C=O) groups excluding carboxylic acids is 1. The number of likely N-dealkylation sites (tertiary alicyclic amines) is 1. The first-order valence-electron chi connectivity index (χ1n) is 5.81. The van der Waals surface area contributed by atoms with Crippen molar-refractivity contribution < 1.29 is 18.0 Å². The molecular formula is C11H19F3N2O. The van der Waals surface area contributed by atoms with Crippen LogP contribution >= 0.6 is 0 Å². The highest BCUT2D eigenvalue weighted by molar-refractivity contribution is 5.76. The van der Waals surface area contributed by atoms with Crippen LogP contribution in [0, 0.1) is 11.8 Å². The normalized spacial score (nSPS) is 25.7. The summed E-state index contributed by atoms with van der Waals surface area (Å²) in [7, 11) is 0. The Labute approximate surface area is 99.1 Å². The van der Waals surface area contributed by atoms with E-state index in [1.54, 1.807) is 0 Å². The molecule has 0 aliphatic carbocycles. The van der Waals surface area contributed by atoms with E-state index in [0.717, 1.165) is 0 Å². The van der Waals surface area contributed by atoms with Crippen molar-refractivity contribution in [3.63, 3.8) is 0 Å². The summed E-state index contributed by atoms with van der Waals surface area (Å²) in [6, 6.07) is -0.121. The van der Waals surface area contributed by atoms with Crippen LogP contribution in [0.2, 0.25) is 0 Å². The fourth-order valence-electron chi connectivity index (χ4n) is 2.17. The number of hydrogen-bond donors (Lipinski definition) is 1. The summed E-state index contributed by atoms with van der Waals surface area (Å²) in [5.41, 5.74) is 5.87. The van der Waals surface area contributed by atoms with Crippen LogP contribution in [0.25, 0.3) is 0 Å². The van der Waals surface area contributed by atoms with Crippen molar-refractivity contribution in [3.8, 4) is 0 Å². The molecule has 1 saturated heterocycles. The van der Waals surface area contributed by atoms with Crippen LogP contribution in [0.4, 0.5) is 13.2 Å². The van der Waals surface area contributed by atoms with Crippen LogP contribution < -0.4 is 5.73 Å². The molecule has 6 heteroatoms. The monoisotopic (exact) mass is 252 g/mol. The first kappa shape index (κ1) is 14.3. The Morgan fingerprint density at radius 2 is 2.00 bits per heavy atom. The SMILES string of the molecule is CC(C)[C@H]1CN(C(=O)CCC(F)(F)F)C[C@@H]1N. The Balaban J connectivity index is 2.45. The average Bonchev–Trinajstić information content (AvgIpc) is 2.55. The molecule has 0 aromatic carbocycles. The molecule has 1 rings (SSSR count). The van der Waals surface area contributed by atoms with E-state index in [1.807, 2.05) is 13.8 Å². The molecule has 0 aromatic heterocycles. The van der Waals surface area contributed by atoms with Gasteiger partial charge in [-0.05, 0) is 11.8 Å². The maximum Gasteiger partial charge on any atom is 0.389 e. The smallest absolute Gasteiger partial charge is 0.341 e. The predicted molar refractivity (Wildman–Crippen MR) is 58.2 cm³/mol. The summed E-state index contributed by atoms with van der Waals surface area (Å²) >= 11 is 0. The fourth-order valence-corrected chi connectivity index (χ4v) is 2.17. The standard InChI is InChI=1S/C11H19F3N2O/c1-7(2)8-5-16(6-9(8)15)10(17)3-4-11(12,13)14/h7-9H,3-6,15H2,1-2H3/t8-,9+/m1/s1. The number of alkyl halides is 3. The Morgan fingerprint density at radius 3 is 2.41 bits per heavy atom. The summed E-state index contributed by atoms with van der Waals surface area (Å²) < 4.78 is 36.0.